The number of rotatable bonds is 6. The van der Waals surface area contributed by atoms with Crippen molar-refractivity contribution in [1.29, 1.82) is 0 Å². The Balaban J connectivity index is 1.28. The molecule has 192 valence electrons. The van der Waals surface area contributed by atoms with Gasteiger partial charge in [-0.3, -0.25) is 9.88 Å². The molecule has 0 radical (unpaired) electrons. The molecule has 0 bridgehead atoms. The van der Waals surface area contributed by atoms with E-state index in [0.29, 0.717) is 5.92 Å². The SMILES string of the molecule is C=C(CN1CCOCC1)N1CCCC(c2cc(-c3ccc4c(c3)CC/C4=N\O)c(-c3ccncc3)o2)C1. The Bertz CT molecular complexity index is 1290. The largest absolute Gasteiger partial charge is 0.460 e. The average Bonchev–Trinajstić information content (AvgIpc) is 3.58. The number of ether oxygens (including phenoxy) is 1. The first kappa shape index (κ1) is 23.9. The molecule has 2 aromatic heterocycles. The molecular formula is C30H34N4O3. The van der Waals surface area contributed by atoms with E-state index in [1.165, 1.54) is 11.3 Å². The molecule has 4 heterocycles. The number of hydrogen-bond donors (Lipinski definition) is 1. The fourth-order valence-electron chi connectivity index (χ4n) is 5.90. The number of aryl methyl sites for hydroxylation is 1. The number of nitrogens with zero attached hydrogens (tertiary/aromatic N) is 4. The van der Waals surface area contributed by atoms with Gasteiger partial charge >= 0.3 is 0 Å². The zero-order valence-electron chi connectivity index (χ0n) is 21.2. The van der Waals surface area contributed by atoms with Crippen molar-refractivity contribution >= 4 is 5.71 Å². The van der Waals surface area contributed by atoms with Gasteiger partial charge in [0.05, 0.1) is 18.9 Å². The quantitative estimate of drug-likeness (QED) is 0.374. The molecule has 0 amide bonds. The minimum atomic E-state index is 0.312. The third-order valence-corrected chi connectivity index (χ3v) is 7.95. The van der Waals surface area contributed by atoms with Crippen LogP contribution in [0.3, 0.4) is 0 Å². The van der Waals surface area contributed by atoms with Gasteiger partial charge in [0.15, 0.2) is 0 Å². The third-order valence-electron chi connectivity index (χ3n) is 7.95. The molecule has 3 aliphatic rings. The topological polar surface area (TPSA) is 74.3 Å². The lowest BCUT2D eigenvalue weighted by molar-refractivity contribution is 0.0384. The predicted octanol–water partition coefficient (Wildman–Crippen LogP) is 5.16. The van der Waals surface area contributed by atoms with Gasteiger partial charge in [0.2, 0.25) is 0 Å². The molecule has 0 spiro atoms. The summed E-state index contributed by atoms with van der Waals surface area (Å²) in [5.41, 5.74) is 7.47. The van der Waals surface area contributed by atoms with E-state index >= 15 is 0 Å². The highest BCUT2D eigenvalue weighted by Crippen LogP contribution is 2.41. The lowest BCUT2D eigenvalue weighted by atomic mass is 9.93. The fourth-order valence-corrected chi connectivity index (χ4v) is 5.90. The van der Waals surface area contributed by atoms with Gasteiger partial charge < -0.3 is 19.3 Å². The predicted molar refractivity (Wildman–Crippen MR) is 144 cm³/mol. The summed E-state index contributed by atoms with van der Waals surface area (Å²) in [6.07, 6.45) is 7.51. The summed E-state index contributed by atoms with van der Waals surface area (Å²) in [5.74, 6) is 2.23. The van der Waals surface area contributed by atoms with Gasteiger partial charge in [0.1, 0.15) is 11.5 Å². The Morgan fingerprint density at radius 1 is 1.03 bits per heavy atom. The minimum absolute atomic E-state index is 0.312. The molecule has 3 aromatic rings. The summed E-state index contributed by atoms with van der Waals surface area (Å²) in [7, 11) is 0. The van der Waals surface area contributed by atoms with Crippen molar-refractivity contribution in [2.24, 2.45) is 5.16 Å². The van der Waals surface area contributed by atoms with Crippen molar-refractivity contribution in [3.05, 3.63) is 78.0 Å². The van der Waals surface area contributed by atoms with E-state index in [9.17, 15) is 5.21 Å². The van der Waals surface area contributed by atoms with E-state index in [1.807, 2.05) is 24.5 Å². The molecule has 1 aromatic carbocycles. The first-order valence-corrected chi connectivity index (χ1v) is 13.3. The highest BCUT2D eigenvalue weighted by Gasteiger charge is 2.28. The summed E-state index contributed by atoms with van der Waals surface area (Å²) in [4.78, 5) is 9.09. The Labute approximate surface area is 218 Å². The number of oxime groups is 1. The van der Waals surface area contributed by atoms with Gasteiger partial charge in [-0.1, -0.05) is 29.9 Å². The number of pyridine rings is 1. The Morgan fingerprint density at radius 2 is 1.86 bits per heavy atom. The lowest BCUT2D eigenvalue weighted by Gasteiger charge is -2.37. The van der Waals surface area contributed by atoms with Crippen molar-refractivity contribution < 1.29 is 14.4 Å². The van der Waals surface area contributed by atoms with E-state index in [-0.39, 0.29) is 0 Å². The molecule has 2 saturated heterocycles. The van der Waals surface area contributed by atoms with Crippen LogP contribution in [0, 0.1) is 0 Å². The van der Waals surface area contributed by atoms with Crippen LogP contribution in [0.5, 0.6) is 0 Å². The van der Waals surface area contributed by atoms with Crippen LogP contribution in [0.15, 0.2) is 70.6 Å². The van der Waals surface area contributed by atoms with Crippen LogP contribution in [-0.2, 0) is 11.2 Å². The summed E-state index contributed by atoms with van der Waals surface area (Å²) in [6, 6.07) is 12.7. The molecular weight excluding hydrogens is 464 g/mol. The minimum Gasteiger partial charge on any atom is -0.460 e. The van der Waals surface area contributed by atoms with Crippen LogP contribution in [-0.4, -0.2) is 71.6 Å². The molecule has 37 heavy (non-hydrogen) atoms. The van der Waals surface area contributed by atoms with Crippen molar-refractivity contribution in [3.8, 4) is 22.5 Å². The van der Waals surface area contributed by atoms with Gasteiger partial charge in [0.25, 0.3) is 0 Å². The highest BCUT2D eigenvalue weighted by atomic mass is 16.5. The van der Waals surface area contributed by atoms with Crippen LogP contribution >= 0.6 is 0 Å². The summed E-state index contributed by atoms with van der Waals surface area (Å²) >= 11 is 0. The van der Waals surface area contributed by atoms with Gasteiger partial charge in [-0.25, -0.2) is 0 Å². The smallest absolute Gasteiger partial charge is 0.142 e. The first-order valence-electron chi connectivity index (χ1n) is 13.3. The standard InChI is InChI=1S/C30H34N4O3/c1-21(19-33-13-15-36-16-14-33)34-12-2-3-25(20-34)29-18-27(30(37-29)22-8-10-31-11-9-22)24-4-6-26-23(17-24)5-7-28(26)32-35/h4,6,8-11,17-18,25,35H,1-3,5,7,12-16,19-20H2/b32-28+. The van der Waals surface area contributed by atoms with E-state index in [0.717, 1.165) is 111 Å². The number of fused-ring (bicyclic) bond motifs is 1. The van der Waals surface area contributed by atoms with Gasteiger partial charge in [-0.2, -0.15) is 0 Å². The summed E-state index contributed by atoms with van der Waals surface area (Å²) in [6.45, 7) is 10.9. The Morgan fingerprint density at radius 3 is 2.68 bits per heavy atom. The van der Waals surface area contributed by atoms with Gasteiger partial charge in [-0.05, 0) is 55.0 Å². The van der Waals surface area contributed by atoms with E-state index in [1.54, 1.807) is 0 Å². The zero-order chi connectivity index (χ0) is 25.2. The molecule has 1 aliphatic carbocycles. The van der Waals surface area contributed by atoms with Crippen LogP contribution in [0.1, 0.15) is 42.1 Å². The first-order chi connectivity index (χ1) is 18.2. The molecule has 2 fully saturated rings. The van der Waals surface area contributed by atoms with Gasteiger partial charge in [-0.15, -0.1) is 0 Å². The van der Waals surface area contributed by atoms with E-state index < -0.39 is 0 Å². The highest BCUT2D eigenvalue weighted by molar-refractivity contribution is 6.04. The molecule has 7 heteroatoms. The van der Waals surface area contributed by atoms with Crippen LogP contribution < -0.4 is 0 Å². The van der Waals surface area contributed by atoms with Crippen molar-refractivity contribution in [3.63, 3.8) is 0 Å². The molecule has 1 N–H and O–H groups in total. The number of benzene rings is 1. The second-order valence-electron chi connectivity index (χ2n) is 10.3. The maximum absolute atomic E-state index is 9.34. The van der Waals surface area contributed by atoms with Crippen molar-refractivity contribution in [2.45, 2.75) is 31.6 Å². The molecule has 1 atom stereocenters. The molecule has 7 nitrogen and oxygen atoms in total. The monoisotopic (exact) mass is 498 g/mol. The number of aromatic nitrogens is 1. The van der Waals surface area contributed by atoms with Crippen molar-refractivity contribution in [2.75, 3.05) is 45.9 Å². The van der Waals surface area contributed by atoms with E-state index in [2.05, 4.69) is 50.8 Å². The number of morpholine rings is 1. The Hall–Kier alpha value is -3.42. The third kappa shape index (κ3) is 4.93. The summed E-state index contributed by atoms with van der Waals surface area (Å²) < 4.78 is 12.2. The normalized spacial score (nSPS) is 21.4. The van der Waals surface area contributed by atoms with Crippen molar-refractivity contribution in [1.82, 2.24) is 14.8 Å². The molecule has 0 saturated carbocycles. The number of likely N-dealkylation sites (tertiary alicyclic amines) is 1. The van der Waals surface area contributed by atoms with Crippen LogP contribution in [0.2, 0.25) is 0 Å². The second-order valence-corrected chi connectivity index (χ2v) is 10.3. The zero-order valence-corrected chi connectivity index (χ0v) is 21.2. The molecule has 2 aliphatic heterocycles. The maximum atomic E-state index is 9.34. The van der Waals surface area contributed by atoms with Crippen LogP contribution in [0.4, 0.5) is 0 Å². The van der Waals surface area contributed by atoms with Crippen LogP contribution in [0.25, 0.3) is 22.5 Å². The number of furan rings is 1. The fraction of sp³-hybridized carbons (Fsp3) is 0.400. The Kier molecular flexibility index (Phi) is 6.81. The second kappa shape index (κ2) is 10.5. The van der Waals surface area contributed by atoms with E-state index in [4.69, 9.17) is 9.15 Å². The number of piperidine rings is 1. The maximum Gasteiger partial charge on any atom is 0.142 e. The van der Waals surface area contributed by atoms with Gasteiger partial charge in [0, 0.05) is 73.4 Å². The molecule has 6 rings (SSSR count). The number of hydrogen-bond acceptors (Lipinski definition) is 7. The summed E-state index contributed by atoms with van der Waals surface area (Å²) in [5, 5.41) is 12.8. The molecule has 1 unspecified atom stereocenters. The average molecular weight is 499 g/mol. The lowest BCUT2D eigenvalue weighted by Crippen LogP contribution is -2.42.